The van der Waals surface area contributed by atoms with E-state index in [4.69, 9.17) is 0 Å². The van der Waals surface area contributed by atoms with Crippen LogP contribution in [0.1, 0.15) is 45.4 Å². The SMILES string of the molecule is CCCN(CC(F)(F)F)CC1(CNC)CCCCC1. The Hall–Kier alpha value is -0.290. The molecule has 1 saturated carbocycles. The molecular weight excluding hydrogens is 253 g/mol. The molecule has 0 amide bonds. The van der Waals surface area contributed by atoms with E-state index in [0.717, 1.165) is 38.6 Å². The van der Waals surface area contributed by atoms with Crippen molar-refractivity contribution in [2.75, 3.05) is 33.2 Å². The fourth-order valence-electron chi connectivity index (χ4n) is 3.33. The summed E-state index contributed by atoms with van der Waals surface area (Å²) in [7, 11) is 1.89. The second-order valence-electron chi connectivity index (χ2n) is 5.92. The van der Waals surface area contributed by atoms with Gasteiger partial charge in [0.25, 0.3) is 0 Å². The fourth-order valence-corrected chi connectivity index (χ4v) is 3.33. The number of alkyl halides is 3. The molecule has 0 radical (unpaired) electrons. The van der Waals surface area contributed by atoms with Gasteiger partial charge in [-0.2, -0.15) is 13.2 Å². The summed E-state index contributed by atoms with van der Waals surface area (Å²) in [5.41, 5.74) is 0.0351. The van der Waals surface area contributed by atoms with Crippen LogP contribution in [0.5, 0.6) is 0 Å². The van der Waals surface area contributed by atoms with E-state index < -0.39 is 12.7 Å². The number of halogens is 3. The predicted octanol–water partition coefficient (Wildman–Crippen LogP) is 3.43. The summed E-state index contributed by atoms with van der Waals surface area (Å²) in [4.78, 5) is 1.60. The maximum absolute atomic E-state index is 12.6. The van der Waals surface area contributed by atoms with Crippen LogP contribution in [-0.4, -0.2) is 44.3 Å². The lowest BCUT2D eigenvalue weighted by molar-refractivity contribution is -0.149. The van der Waals surface area contributed by atoms with E-state index in [2.05, 4.69) is 5.32 Å². The molecular formula is C14H27F3N2. The normalized spacial score (nSPS) is 19.9. The van der Waals surface area contributed by atoms with Crippen molar-refractivity contribution in [2.45, 2.75) is 51.6 Å². The van der Waals surface area contributed by atoms with Crippen LogP contribution in [0.15, 0.2) is 0 Å². The molecule has 0 aliphatic heterocycles. The number of rotatable bonds is 7. The van der Waals surface area contributed by atoms with Gasteiger partial charge >= 0.3 is 6.18 Å². The molecule has 0 aromatic heterocycles. The van der Waals surface area contributed by atoms with Crippen molar-refractivity contribution in [2.24, 2.45) is 5.41 Å². The zero-order chi connectivity index (χ0) is 14.4. The van der Waals surface area contributed by atoms with Gasteiger partial charge in [-0.05, 0) is 38.3 Å². The monoisotopic (exact) mass is 280 g/mol. The lowest BCUT2D eigenvalue weighted by atomic mass is 9.73. The highest BCUT2D eigenvalue weighted by molar-refractivity contribution is 4.88. The topological polar surface area (TPSA) is 15.3 Å². The molecule has 1 aliphatic rings. The van der Waals surface area contributed by atoms with Crippen LogP contribution in [0.25, 0.3) is 0 Å². The van der Waals surface area contributed by atoms with Crippen LogP contribution in [0.4, 0.5) is 13.2 Å². The van der Waals surface area contributed by atoms with Gasteiger partial charge in [-0.15, -0.1) is 0 Å². The van der Waals surface area contributed by atoms with Gasteiger partial charge in [0.15, 0.2) is 0 Å². The molecule has 0 aromatic carbocycles. The first kappa shape index (κ1) is 16.8. The minimum Gasteiger partial charge on any atom is -0.319 e. The average molecular weight is 280 g/mol. The quantitative estimate of drug-likeness (QED) is 0.768. The summed E-state index contributed by atoms with van der Waals surface area (Å²) >= 11 is 0. The second-order valence-corrected chi connectivity index (χ2v) is 5.92. The van der Waals surface area contributed by atoms with Crippen molar-refractivity contribution in [1.29, 1.82) is 0 Å². The Morgan fingerprint density at radius 2 is 1.79 bits per heavy atom. The molecule has 114 valence electrons. The van der Waals surface area contributed by atoms with Crippen LogP contribution in [0, 0.1) is 5.41 Å². The summed E-state index contributed by atoms with van der Waals surface area (Å²) < 4.78 is 37.9. The van der Waals surface area contributed by atoms with Gasteiger partial charge in [0.2, 0.25) is 0 Å². The molecule has 2 nitrogen and oxygen atoms in total. The third-order valence-electron chi connectivity index (χ3n) is 3.97. The molecule has 0 heterocycles. The summed E-state index contributed by atoms with van der Waals surface area (Å²) in [5, 5.41) is 3.18. The standard InChI is InChI=1S/C14H27F3N2/c1-3-9-19(12-14(15,16)17)11-13(10-18-2)7-5-4-6-8-13/h18H,3-12H2,1-2H3. The highest BCUT2D eigenvalue weighted by atomic mass is 19.4. The smallest absolute Gasteiger partial charge is 0.319 e. The molecule has 1 rings (SSSR count). The first-order valence-corrected chi connectivity index (χ1v) is 7.34. The largest absolute Gasteiger partial charge is 0.401 e. The zero-order valence-corrected chi connectivity index (χ0v) is 12.2. The van der Waals surface area contributed by atoms with Gasteiger partial charge in [0.1, 0.15) is 0 Å². The molecule has 0 spiro atoms. The van der Waals surface area contributed by atoms with Gasteiger partial charge < -0.3 is 5.32 Å². The molecule has 19 heavy (non-hydrogen) atoms. The predicted molar refractivity (Wildman–Crippen MR) is 72.2 cm³/mol. The summed E-state index contributed by atoms with van der Waals surface area (Å²) in [6.07, 6.45) is 2.29. The van der Waals surface area contributed by atoms with E-state index in [0.29, 0.717) is 13.1 Å². The highest BCUT2D eigenvalue weighted by Crippen LogP contribution is 2.37. The maximum atomic E-state index is 12.6. The van der Waals surface area contributed by atoms with Gasteiger partial charge in [0, 0.05) is 13.1 Å². The first-order valence-electron chi connectivity index (χ1n) is 7.34. The van der Waals surface area contributed by atoms with Crippen molar-refractivity contribution in [3.8, 4) is 0 Å². The molecule has 0 atom stereocenters. The second kappa shape index (κ2) is 7.48. The minimum atomic E-state index is -4.09. The highest BCUT2D eigenvalue weighted by Gasteiger charge is 2.37. The van der Waals surface area contributed by atoms with Crippen molar-refractivity contribution in [1.82, 2.24) is 10.2 Å². The fraction of sp³-hybridized carbons (Fsp3) is 1.00. The van der Waals surface area contributed by atoms with Gasteiger partial charge in [-0.3, -0.25) is 4.90 Å². The Balaban J connectivity index is 2.66. The molecule has 0 bridgehead atoms. The summed E-state index contributed by atoms with van der Waals surface area (Å²) in [6.45, 7) is 3.10. The summed E-state index contributed by atoms with van der Waals surface area (Å²) in [6, 6.07) is 0. The number of nitrogens with one attached hydrogen (secondary N) is 1. The molecule has 0 aromatic rings. The average Bonchev–Trinajstić information content (AvgIpc) is 2.28. The molecule has 1 fully saturated rings. The Morgan fingerprint density at radius 3 is 2.26 bits per heavy atom. The lowest BCUT2D eigenvalue weighted by Crippen LogP contribution is -2.47. The van der Waals surface area contributed by atoms with Gasteiger partial charge in [0.05, 0.1) is 6.54 Å². The number of nitrogens with zero attached hydrogens (tertiary/aromatic N) is 1. The Kier molecular flexibility index (Phi) is 6.60. The number of hydrogen-bond acceptors (Lipinski definition) is 2. The van der Waals surface area contributed by atoms with E-state index in [1.54, 1.807) is 4.90 Å². The van der Waals surface area contributed by atoms with E-state index in [9.17, 15) is 13.2 Å². The lowest BCUT2D eigenvalue weighted by Gasteiger charge is -2.41. The van der Waals surface area contributed by atoms with Crippen LogP contribution >= 0.6 is 0 Å². The van der Waals surface area contributed by atoms with E-state index >= 15 is 0 Å². The van der Waals surface area contributed by atoms with Crippen molar-refractivity contribution >= 4 is 0 Å². The van der Waals surface area contributed by atoms with Crippen molar-refractivity contribution < 1.29 is 13.2 Å². The molecule has 1 N–H and O–H groups in total. The van der Waals surface area contributed by atoms with E-state index in [1.165, 1.54) is 6.42 Å². The van der Waals surface area contributed by atoms with Crippen molar-refractivity contribution in [3.63, 3.8) is 0 Å². The maximum Gasteiger partial charge on any atom is 0.401 e. The van der Waals surface area contributed by atoms with Crippen LogP contribution in [-0.2, 0) is 0 Å². The van der Waals surface area contributed by atoms with Gasteiger partial charge in [-0.25, -0.2) is 0 Å². The third-order valence-corrected chi connectivity index (χ3v) is 3.97. The first-order chi connectivity index (χ1) is 8.91. The van der Waals surface area contributed by atoms with Crippen molar-refractivity contribution in [3.05, 3.63) is 0 Å². The van der Waals surface area contributed by atoms with Crippen LogP contribution in [0.3, 0.4) is 0 Å². The Bertz CT molecular complexity index is 242. The minimum absolute atomic E-state index is 0.0351. The summed E-state index contributed by atoms with van der Waals surface area (Å²) in [5.74, 6) is 0. The Labute approximate surface area is 114 Å². The number of hydrogen-bond donors (Lipinski definition) is 1. The van der Waals surface area contributed by atoms with E-state index in [1.807, 2.05) is 14.0 Å². The molecule has 5 heteroatoms. The van der Waals surface area contributed by atoms with Crippen LogP contribution in [0.2, 0.25) is 0 Å². The van der Waals surface area contributed by atoms with E-state index in [-0.39, 0.29) is 5.41 Å². The Morgan fingerprint density at radius 1 is 1.16 bits per heavy atom. The van der Waals surface area contributed by atoms with Crippen LogP contribution < -0.4 is 5.32 Å². The van der Waals surface area contributed by atoms with Gasteiger partial charge in [-0.1, -0.05) is 26.2 Å². The third kappa shape index (κ3) is 6.13. The molecule has 0 saturated heterocycles. The zero-order valence-electron chi connectivity index (χ0n) is 12.2. The molecule has 1 aliphatic carbocycles. The molecule has 0 unspecified atom stereocenters.